The van der Waals surface area contributed by atoms with Crippen LogP contribution in [0.2, 0.25) is 0 Å². The molecule has 0 aliphatic carbocycles. The fraction of sp³-hybridized carbons (Fsp3) is 0.154. The average molecular weight is 278 g/mol. The van der Waals surface area contributed by atoms with Crippen LogP contribution in [0.3, 0.4) is 0 Å². The first kappa shape index (κ1) is 13.5. The Bertz CT molecular complexity index is 657. The number of nitrogens with zero attached hydrogens (tertiary/aromatic N) is 2. The third-order valence-corrected chi connectivity index (χ3v) is 4.45. The number of hydrogen-bond acceptors (Lipinski definition) is 4. The molecular weight excluding hydrogens is 264 g/mol. The Balaban J connectivity index is 2.25. The van der Waals surface area contributed by atoms with Crippen molar-refractivity contribution in [2.75, 3.05) is 7.05 Å². The highest BCUT2D eigenvalue weighted by molar-refractivity contribution is 7.89. The van der Waals surface area contributed by atoms with E-state index in [1.54, 1.807) is 18.5 Å². The lowest BCUT2D eigenvalue weighted by atomic mass is 10.3. The fourth-order valence-electron chi connectivity index (χ4n) is 1.66. The smallest absolute Gasteiger partial charge is 0.243 e. The number of phenolic OH excluding ortho intramolecular Hbond substituents is 1. The van der Waals surface area contributed by atoms with Crippen LogP contribution in [0.25, 0.3) is 0 Å². The van der Waals surface area contributed by atoms with Crippen LogP contribution in [0.4, 0.5) is 0 Å². The van der Waals surface area contributed by atoms with E-state index < -0.39 is 10.0 Å². The average Bonchev–Trinajstić information content (AvgIpc) is 2.40. The maximum atomic E-state index is 12.3. The molecule has 0 unspecified atom stereocenters. The molecule has 0 bridgehead atoms. The first-order valence-corrected chi connectivity index (χ1v) is 7.08. The topological polar surface area (TPSA) is 70.5 Å². The zero-order valence-corrected chi connectivity index (χ0v) is 11.2. The van der Waals surface area contributed by atoms with Crippen LogP contribution in [0, 0.1) is 0 Å². The lowest BCUT2D eigenvalue weighted by Gasteiger charge is -2.17. The lowest BCUT2D eigenvalue weighted by molar-refractivity contribution is 0.460. The second kappa shape index (κ2) is 5.38. The summed E-state index contributed by atoms with van der Waals surface area (Å²) in [5, 5.41) is 9.35. The van der Waals surface area contributed by atoms with E-state index >= 15 is 0 Å². The zero-order chi connectivity index (χ0) is 13.9. The van der Waals surface area contributed by atoms with E-state index in [0.717, 1.165) is 5.56 Å². The molecule has 0 aliphatic rings. The van der Waals surface area contributed by atoms with Crippen LogP contribution in [-0.2, 0) is 16.6 Å². The van der Waals surface area contributed by atoms with Crippen molar-refractivity contribution in [3.8, 4) is 5.75 Å². The molecule has 0 atom stereocenters. The van der Waals surface area contributed by atoms with Crippen LogP contribution in [-0.4, -0.2) is 29.9 Å². The van der Waals surface area contributed by atoms with Gasteiger partial charge in [-0.1, -0.05) is 12.1 Å². The molecule has 0 aliphatic heterocycles. The maximum absolute atomic E-state index is 12.3. The molecule has 0 saturated carbocycles. The van der Waals surface area contributed by atoms with Gasteiger partial charge in [0.15, 0.2) is 0 Å². The Morgan fingerprint density at radius 2 is 2.05 bits per heavy atom. The minimum Gasteiger partial charge on any atom is -0.508 e. The minimum absolute atomic E-state index is 0.0684. The second-order valence-corrected chi connectivity index (χ2v) is 6.16. The number of aromatic hydroxyl groups is 1. The van der Waals surface area contributed by atoms with Crippen molar-refractivity contribution in [3.05, 3.63) is 54.4 Å². The second-order valence-electron chi connectivity index (χ2n) is 4.12. The van der Waals surface area contributed by atoms with Gasteiger partial charge in [0, 0.05) is 26.0 Å². The number of pyridine rings is 1. The van der Waals surface area contributed by atoms with Crippen LogP contribution in [0.1, 0.15) is 5.56 Å². The van der Waals surface area contributed by atoms with Crippen molar-refractivity contribution in [2.45, 2.75) is 11.4 Å². The van der Waals surface area contributed by atoms with Crippen molar-refractivity contribution >= 4 is 10.0 Å². The monoisotopic (exact) mass is 278 g/mol. The first-order chi connectivity index (χ1) is 9.00. The standard InChI is InChI=1S/C13H14N2O3S/c1-15(10-11-4-3-7-14-9-11)19(17,18)13-6-2-5-12(16)8-13/h2-9,16H,10H2,1H3. The number of hydrogen-bond donors (Lipinski definition) is 1. The van der Waals surface area contributed by atoms with E-state index in [1.165, 1.54) is 35.6 Å². The summed E-state index contributed by atoms with van der Waals surface area (Å²) in [6, 6.07) is 9.18. The molecule has 1 heterocycles. The Morgan fingerprint density at radius 1 is 1.26 bits per heavy atom. The summed E-state index contributed by atoms with van der Waals surface area (Å²) in [6.45, 7) is 0.228. The summed E-state index contributed by atoms with van der Waals surface area (Å²) in [7, 11) is -2.12. The first-order valence-electron chi connectivity index (χ1n) is 5.64. The highest BCUT2D eigenvalue weighted by atomic mass is 32.2. The van der Waals surface area contributed by atoms with Gasteiger partial charge in [0.05, 0.1) is 4.90 Å². The Hall–Kier alpha value is -1.92. The Morgan fingerprint density at radius 3 is 2.68 bits per heavy atom. The molecule has 0 saturated heterocycles. The molecule has 2 aromatic rings. The minimum atomic E-state index is -3.61. The summed E-state index contributed by atoms with van der Waals surface area (Å²) < 4.78 is 25.8. The van der Waals surface area contributed by atoms with E-state index in [-0.39, 0.29) is 17.2 Å². The summed E-state index contributed by atoms with van der Waals surface area (Å²) in [5.41, 5.74) is 0.800. The van der Waals surface area contributed by atoms with Gasteiger partial charge in [-0.15, -0.1) is 0 Å². The van der Waals surface area contributed by atoms with Gasteiger partial charge >= 0.3 is 0 Å². The number of aromatic nitrogens is 1. The van der Waals surface area contributed by atoms with Crippen molar-refractivity contribution < 1.29 is 13.5 Å². The number of rotatable bonds is 4. The SMILES string of the molecule is CN(Cc1cccnc1)S(=O)(=O)c1cccc(O)c1. The summed E-state index contributed by atoms with van der Waals surface area (Å²) in [5.74, 6) is -0.0733. The predicted molar refractivity (Wildman–Crippen MR) is 71.0 cm³/mol. The molecular formula is C13H14N2O3S. The number of benzene rings is 1. The van der Waals surface area contributed by atoms with Gasteiger partial charge in [0.1, 0.15) is 5.75 Å². The van der Waals surface area contributed by atoms with Crippen molar-refractivity contribution in [3.63, 3.8) is 0 Å². The van der Waals surface area contributed by atoms with E-state index in [0.29, 0.717) is 0 Å². The van der Waals surface area contributed by atoms with Gasteiger partial charge in [0.2, 0.25) is 10.0 Å². The molecule has 19 heavy (non-hydrogen) atoms. The van der Waals surface area contributed by atoms with Gasteiger partial charge in [0.25, 0.3) is 0 Å². The number of phenols is 1. The molecule has 2 rings (SSSR count). The third-order valence-electron chi connectivity index (χ3n) is 2.65. The van der Waals surface area contributed by atoms with Gasteiger partial charge in [-0.25, -0.2) is 8.42 Å². The Kier molecular flexibility index (Phi) is 3.82. The normalized spacial score (nSPS) is 11.7. The van der Waals surface area contributed by atoms with Crippen molar-refractivity contribution in [1.29, 1.82) is 0 Å². The quantitative estimate of drug-likeness (QED) is 0.922. The van der Waals surface area contributed by atoms with Crippen LogP contribution < -0.4 is 0 Å². The molecule has 1 N–H and O–H groups in total. The predicted octanol–water partition coefficient (Wildman–Crippen LogP) is 1.61. The van der Waals surface area contributed by atoms with E-state index in [4.69, 9.17) is 0 Å². The molecule has 0 radical (unpaired) electrons. The van der Waals surface area contributed by atoms with E-state index in [1.807, 2.05) is 6.07 Å². The maximum Gasteiger partial charge on any atom is 0.243 e. The lowest BCUT2D eigenvalue weighted by Crippen LogP contribution is -2.26. The molecule has 100 valence electrons. The van der Waals surface area contributed by atoms with Crippen LogP contribution in [0.5, 0.6) is 5.75 Å². The zero-order valence-electron chi connectivity index (χ0n) is 10.4. The van der Waals surface area contributed by atoms with E-state index in [9.17, 15) is 13.5 Å². The molecule has 5 nitrogen and oxygen atoms in total. The van der Waals surface area contributed by atoms with Gasteiger partial charge in [-0.3, -0.25) is 4.98 Å². The summed E-state index contributed by atoms with van der Waals surface area (Å²) in [4.78, 5) is 4.01. The molecule has 0 amide bonds. The highest BCUT2D eigenvalue weighted by Gasteiger charge is 2.21. The highest BCUT2D eigenvalue weighted by Crippen LogP contribution is 2.20. The van der Waals surface area contributed by atoms with Crippen molar-refractivity contribution in [2.24, 2.45) is 0 Å². The van der Waals surface area contributed by atoms with Gasteiger partial charge in [-0.05, 0) is 29.8 Å². The molecule has 6 heteroatoms. The third kappa shape index (κ3) is 3.10. The van der Waals surface area contributed by atoms with Gasteiger partial charge < -0.3 is 5.11 Å². The van der Waals surface area contributed by atoms with Crippen LogP contribution >= 0.6 is 0 Å². The molecule has 1 aromatic heterocycles. The summed E-state index contributed by atoms with van der Waals surface area (Å²) >= 11 is 0. The number of sulfonamides is 1. The molecule has 0 fully saturated rings. The van der Waals surface area contributed by atoms with Gasteiger partial charge in [-0.2, -0.15) is 4.31 Å². The van der Waals surface area contributed by atoms with Crippen molar-refractivity contribution in [1.82, 2.24) is 9.29 Å². The molecule has 1 aromatic carbocycles. The largest absolute Gasteiger partial charge is 0.508 e. The molecule has 0 spiro atoms. The fourth-order valence-corrected chi connectivity index (χ4v) is 2.86. The summed E-state index contributed by atoms with van der Waals surface area (Å²) in [6.07, 6.45) is 3.25. The Labute approximate surface area is 112 Å². The van der Waals surface area contributed by atoms with Crippen LogP contribution in [0.15, 0.2) is 53.7 Å². The van der Waals surface area contributed by atoms with E-state index in [2.05, 4.69) is 4.98 Å².